The van der Waals surface area contributed by atoms with E-state index in [0.29, 0.717) is 49.9 Å². The van der Waals surface area contributed by atoms with Gasteiger partial charge in [-0.2, -0.15) is 0 Å². The molecule has 180 valence electrons. The molecule has 1 aliphatic heterocycles. The van der Waals surface area contributed by atoms with Crippen molar-refractivity contribution in [3.63, 3.8) is 0 Å². The molecule has 1 N–H and O–H groups in total. The monoisotopic (exact) mass is 471 g/mol. The average Bonchev–Trinajstić information content (AvgIpc) is 2.85. The Morgan fingerprint density at radius 1 is 1.18 bits per heavy atom. The number of carbonyl (C=O) groups is 1. The minimum atomic E-state index is -1.11. The van der Waals surface area contributed by atoms with Crippen LogP contribution in [0.2, 0.25) is 0 Å². The molecule has 0 radical (unpaired) electrons. The third-order valence-electron chi connectivity index (χ3n) is 5.78. The quantitative estimate of drug-likeness (QED) is 0.511. The Morgan fingerprint density at radius 3 is 2.65 bits per heavy atom. The van der Waals surface area contributed by atoms with Crippen LogP contribution in [0.25, 0.3) is 11.0 Å². The molecular formula is C24H25NO9. The first-order valence-electron chi connectivity index (χ1n) is 10.7. The topological polar surface area (TPSA) is 129 Å². The molecule has 4 rings (SSSR count). The number of esters is 1. The van der Waals surface area contributed by atoms with Crippen LogP contribution < -0.4 is 15.6 Å². The molecule has 10 heteroatoms. The highest BCUT2D eigenvalue weighted by Gasteiger charge is 2.30. The Morgan fingerprint density at radius 2 is 1.94 bits per heavy atom. The Hall–Kier alpha value is -3.63. The second-order valence-corrected chi connectivity index (χ2v) is 7.89. The first kappa shape index (κ1) is 23.5. The molecule has 0 amide bonds. The molecule has 1 saturated heterocycles. The number of aromatic hydroxyl groups is 1. The lowest BCUT2D eigenvalue weighted by Gasteiger charge is -2.26. The van der Waals surface area contributed by atoms with Crippen molar-refractivity contribution in [1.29, 1.82) is 0 Å². The van der Waals surface area contributed by atoms with E-state index < -0.39 is 28.5 Å². The molecule has 0 spiro atoms. The van der Waals surface area contributed by atoms with Gasteiger partial charge in [0.15, 0.2) is 11.2 Å². The van der Waals surface area contributed by atoms with E-state index in [9.17, 15) is 19.5 Å². The maximum Gasteiger partial charge on any atom is 0.306 e. The standard InChI is InChI=1S/C24H25NO9/c1-30-14-3-4-20-17(9-14)22(28)18(13-33-20)16(11-21(27)31-2)24-23(29)19(26)10-15(34-24)12-25-5-7-32-8-6-25/h3-4,9-10,13,16,29H,5-8,11-12H2,1-2H3/t16-/m0/s1. The van der Waals surface area contributed by atoms with Gasteiger partial charge >= 0.3 is 5.97 Å². The van der Waals surface area contributed by atoms with E-state index in [0.717, 1.165) is 0 Å². The van der Waals surface area contributed by atoms with Crippen LogP contribution in [0.5, 0.6) is 11.5 Å². The number of nitrogens with zero attached hydrogens (tertiary/aromatic N) is 1. The fraction of sp³-hybridized carbons (Fsp3) is 0.375. The van der Waals surface area contributed by atoms with E-state index in [2.05, 4.69) is 0 Å². The zero-order valence-electron chi connectivity index (χ0n) is 18.9. The first-order chi connectivity index (χ1) is 16.4. The van der Waals surface area contributed by atoms with Crippen molar-refractivity contribution in [2.75, 3.05) is 40.5 Å². The van der Waals surface area contributed by atoms with E-state index in [4.69, 9.17) is 23.0 Å². The van der Waals surface area contributed by atoms with Gasteiger partial charge in [-0.3, -0.25) is 19.3 Å². The summed E-state index contributed by atoms with van der Waals surface area (Å²) in [6.07, 6.45) is 0.854. The maximum absolute atomic E-state index is 13.4. The third kappa shape index (κ3) is 4.82. The van der Waals surface area contributed by atoms with Gasteiger partial charge < -0.3 is 28.2 Å². The summed E-state index contributed by atoms with van der Waals surface area (Å²) in [7, 11) is 2.68. The first-order valence-corrected chi connectivity index (χ1v) is 10.7. The Labute approximate surface area is 194 Å². The molecule has 1 aliphatic rings. The van der Waals surface area contributed by atoms with Crippen molar-refractivity contribution in [2.45, 2.75) is 18.9 Å². The summed E-state index contributed by atoms with van der Waals surface area (Å²) in [5, 5.41) is 10.8. The smallest absolute Gasteiger partial charge is 0.306 e. The van der Waals surface area contributed by atoms with Crippen LogP contribution in [-0.2, 0) is 20.8 Å². The van der Waals surface area contributed by atoms with Gasteiger partial charge in [0.25, 0.3) is 0 Å². The summed E-state index contributed by atoms with van der Waals surface area (Å²) in [5.41, 5.74) is -0.771. The Bertz CT molecular complexity index is 1300. The van der Waals surface area contributed by atoms with E-state index in [1.165, 1.54) is 32.6 Å². The van der Waals surface area contributed by atoms with Gasteiger partial charge in [-0.25, -0.2) is 0 Å². The van der Waals surface area contributed by atoms with Crippen LogP contribution >= 0.6 is 0 Å². The van der Waals surface area contributed by atoms with Gasteiger partial charge in [0.05, 0.1) is 58.0 Å². The molecule has 1 aromatic carbocycles. The minimum absolute atomic E-state index is 0.0353. The molecule has 0 unspecified atom stereocenters. The molecular weight excluding hydrogens is 446 g/mol. The molecule has 2 aromatic heterocycles. The summed E-state index contributed by atoms with van der Waals surface area (Å²) in [5.74, 6) is -1.90. The van der Waals surface area contributed by atoms with Crippen molar-refractivity contribution in [3.8, 4) is 11.5 Å². The summed E-state index contributed by atoms with van der Waals surface area (Å²) < 4.78 is 26.9. The molecule has 10 nitrogen and oxygen atoms in total. The van der Waals surface area contributed by atoms with E-state index in [1.54, 1.807) is 12.1 Å². The zero-order chi connectivity index (χ0) is 24.2. The number of morpholine rings is 1. The fourth-order valence-corrected chi connectivity index (χ4v) is 3.94. The van der Waals surface area contributed by atoms with Crippen LogP contribution in [0.1, 0.15) is 29.4 Å². The lowest BCUT2D eigenvalue weighted by Crippen LogP contribution is -2.35. The molecule has 1 atom stereocenters. The largest absolute Gasteiger partial charge is 0.502 e. The minimum Gasteiger partial charge on any atom is -0.502 e. The normalized spacial score (nSPS) is 15.2. The van der Waals surface area contributed by atoms with Crippen LogP contribution in [0.15, 0.2) is 49.0 Å². The summed E-state index contributed by atoms with van der Waals surface area (Å²) in [4.78, 5) is 40.3. The lowest BCUT2D eigenvalue weighted by atomic mass is 9.92. The number of benzene rings is 1. The van der Waals surface area contributed by atoms with Gasteiger partial charge in [0.1, 0.15) is 17.1 Å². The van der Waals surface area contributed by atoms with Crippen LogP contribution in [0.3, 0.4) is 0 Å². The SMILES string of the molecule is COC(=O)C[C@H](c1oc(CN2CCOCC2)cc(=O)c1O)c1coc2ccc(OC)cc2c1=O. The van der Waals surface area contributed by atoms with E-state index in [-0.39, 0.29) is 23.1 Å². The highest BCUT2D eigenvalue weighted by molar-refractivity contribution is 5.79. The van der Waals surface area contributed by atoms with Crippen LogP contribution in [0, 0.1) is 0 Å². The van der Waals surface area contributed by atoms with Crippen molar-refractivity contribution in [2.24, 2.45) is 0 Å². The van der Waals surface area contributed by atoms with Crippen LogP contribution in [-0.4, -0.2) is 56.5 Å². The van der Waals surface area contributed by atoms with Crippen molar-refractivity contribution < 1.29 is 32.9 Å². The third-order valence-corrected chi connectivity index (χ3v) is 5.78. The average molecular weight is 471 g/mol. The number of hydrogen-bond acceptors (Lipinski definition) is 10. The predicted molar refractivity (Wildman–Crippen MR) is 120 cm³/mol. The van der Waals surface area contributed by atoms with Crippen molar-refractivity contribution in [3.05, 3.63) is 68.1 Å². The number of rotatable bonds is 7. The second kappa shape index (κ2) is 10.1. The lowest BCUT2D eigenvalue weighted by molar-refractivity contribution is -0.140. The molecule has 3 heterocycles. The van der Waals surface area contributed by atoms with Gasteiger partial charge in [0.2, 0.25) is 11.2 Å². The number of fused-ring (bicyclic) bond motifs is 1. The van der Waals surface area contributed by atoms with Crippen molar-refractivity contribution in [1.82, 2.24) is 4.90 Å². The van der Waals surface area contributed by atoms with E-state index in [1.807, 2.05) is 4.90 Å². The number of ether oxygens (including phenoxy) is 3. The molecule has 1 fully saturated rings. The Kier molecular flexibility index (Phi) is 6.99. The molecule has 0 bridgehead atoms. The molecule has 0 aliphatic carbocycles. The highest BCUT2D eigenvalue weighted by atomic mass is 16.5. The summed E-state index contributed by atoms with van der Waals surface area (Å²) in [6.45, 7) is 2.73. The van der Waals surface area contributed by atoms with E-state index >= 15 is 0 Å². The van der Waals surface area contributed by atoms with Gasteiger partial charge in [-0.05, 0) is 18.2 Å². The van der Waals surface area contributed by atoms with Gasteiger partial charge in [-0.15, -0.1) is 0 Å². The summed E-state index contributed by atoms with van der Waals surface area (Å²) in [6, 6.07) is 5.97. The Balaban J connectivity index is 1.83. The summed E-state index contributed by atoms with van der Waals surface area (Å²) >= 11 is 0. The predicted octanol–water partition coefficient (Wildman–Crippen LogP) is 1.99. The van der Waals surface area contributed by atoms with Gasteiger partial charge in [-0.1, -0.05) is 0 Å². The number of methoxy groups -OCH3 is 2. The number of hydrogen-bond donors (Lipinski definition) is 1. The fourth-order valence-electron chi connectivity index (χ4n) is 3.94. The van der Waals surface area contributed by atoms with Crippen molar-refractivity contribution >= 4 is 16.9 Å². The number of carbonyl (C=O) groups excluding carboxylic acids is 1. The second-order valence-electron chi connectivity index (χ2n) is 7.89. The van der Waals surface area contributed by atoms with Gasteiger partial charge in [0, 0.05) is 24.7 Å². The maximum atomic E-state index is 13.4. The van der Waals surface area contributed by atoms with Crippen LogP contribution in [0.4, 0.5) is 0 Å². The highest BCUT2D eigenvalue weighted by Crippen LogP contribution is 2.33. The molecule has 3 aromatic rings. The molecule has 0 saturated carbocycles. The zero-order valence-corrected chi connectivity index (χ0v) is 18.9. The molecule has 34 heavy (non-hydrogen) atoms.